The Morgan fingerprint density at radius 1 is 1.33 bits per heavy atom. The van der Waals surface area contributed by atoms with Crippen LogP contribution < -0.4 is 10.1 Å². The van der Waals surface area contributed by atoms with Crippen LogP contribution in [0.2, 0.25) is 0 Å². The van der Waals surface area contributed by atoms with Gasteiger partial charge in [-0.2, -0.15) is 0 Å². The molecule has 0 amide bonds. The molecule has 1 aliphatic heterocycles. The van der Waals surface area contributed by atoms with Crippen molar-refractivity contribution in [1.82, 2.24) is 5.32 Å². The van der Waals surface area contributed by atoms with E-state index in [4.69, 9.17) is 4.74 Å². The van der Waals surface area contributed by atoms with Gasteiger partial charge in [0.25, 0.3) is 0 Å². The van der Waals surface area contributed by atoms with Crippen molar-refractivity contribution in [3.8, 4) is 5.75 Å². The van der Waals surface area contributed by atoms with Crippen LogP contribution in [0.3, 0.4) is 0 Å². The minimum atomic E-state index is -4.68. The van der Waals surface area contributed by atoms with Crippen LogP contribution in [0.25, 0.3) is 0 Å². The van der Waals surface area contributed by atoms with Crippen molar-refractivity contribution in [2.24, 2.45) is 0 Å². The fourth-order valence-electron chi connectivity index (χ4n) is 2.64. The van der Waals surface area contributed by atoms with Gasteiger partial charge in [0.05, 0.1) is 6.10 Å². The van der Waals surface area contributed by atoms with Crippen LogP contribution in [-0.2, 0) is 4.74 Å². The molecule has 1 aromatic rings. The lowest BCUT2D eigenvalue weighted by Gasteiger charge is -2.28. The number of benzene rings is 1. The number of rotatable bonds is 5. The summed E-state index contributed by atoms with van der Waals surface area (Å²) >= 11 is 0. The lowest BCUT2D eigenvalue weighted by molar-refractivity contribution is -0.275. The van der Waals surface area contributed by atoms with E-state index in [1.807, 2.05) is 0 Å². The van der Waals surface area contributed by atoms with Crippen LogP contribution in [0.5, 0.6) is 5.75 Å². The molecule has 1 fully saturated rings. The minimum Gasteiger partial charge on any atom is -0.405 e. The molecule has 0 aromatic heterocycles. The Morgan fingerprint density at radius 3 is 2.71 bits per heavy atom. The first kappa shape index (κ1) is 16.1. The third-order valence-electron chi connectivity index (χ3n) is 3.64. The van der Waals surface area contributed by atoms with E-state index in [0.717, 1.165) is 25.9 Å². The average molecular weight is 303 g/mol. The monoisotopic (exact) mass is 303 g/mol. The van der Waals surface area contributed by atoms with Crippen molar-refractivity contribution >= 4 is 0 Å². The van der Waals surface area contributed by atoms with Gasteiger partial charge < -0.3 is 14.8 Å². The van der Waals surface area contributed by atoms with E-state index < -0.39 is 6.36 Å². The van der Waals surface area contributed by atoms with Gasteiger partial charge in [-0.3, -0.25) is 0 Å². The second-order valence-electron chi connectivity index (χ2n) is 5.15. The van der Waals surface area contributed by atoms with Gasteiger partial charge in [-0.05, 0) is 38.8 Å². The van der Waals surface area contributed by atoms with E-state index in [1.165, 1.54) is 12.1 Å². The summed E-state index contributed by atoms with van der Waals surface area (Å²) in [7, 11) is 1.73. The maximum absolute atomic E-state index is 12.5. The molecule has 1 aliphatic rings. The smallest absolute Gasteiger partial charge is 0.405 e. The Labute approximate surface area is 122 Å². The fraction of sp³-hybridized carbons (Fsp3) is 0.600. The molecule has 0 aliphatic carbocycles. The standard InChI is InChI=1S/C15H20F3NO2/c1-19-13(10-11-6-4-5-9-20-11)12-7-2-3-8-14(12)21-15(16,17)18/h2-3,7-8,11,13,19H,4-6,9-10H2,1H3. The predicted molar refractivity (Wildman–Crippen MR) is 73.1 cm³/mol. The maximum Gasteiger partial charge on any atom is 0.573 e. The molecule has 2 rings (SSSR count). The number of alkyl halides is 3. The number of nitrogens with one attached hydrogen (secondary N) is 1. The Hall–Kier alpha value is -1.27. The largest absolute Gasteiger partial charge is 0.573 e. The summed E-state index contributed by atoms with van der Waals surface area (Å²) in [6.07, 6.45) is -0.878. The molecule has 1 aromatic carbocycles. The Bertz CT molecular complexity index is 445. The molecule has 21 heavy (non-hydrogen) atoms. The summed E-state index contributed by atoms with van der Waals surface area (Å²) in [6.45, 7) is 0.724. The predicted octanol–water partition coefficient (Wildman–Crippen LogP) is 3.80. The average Bonchev–Trinajstić information content (AvgIpc) is 2.45. The molecule has 118 valence electrons. The van der Waals surface area contributed by atoms with Crippen LogP contribution in [0, 0.1) is 0 Å². The Morgan fingerprint density at radius 2 is 2.10 bits per heavy atom. The Kier molecular flexibility index (Phi) is 5.47. The SMILES string of the molecule is CNC(CC1CCCCO1)c1ccccc1OC(F)(F)F. The van der Waals surface area contributed by atoms with Gasteiger partial charge in [0.2, 0.25) is 0 Å². The second kappa shape index (κ2) is 7.13. The first-order chi connectivity index (χ1) is 9.99. The van der Waals surface area contributed by atoms with Crippen molar-refractivity contribution in [2.45, 2.75) is 44.2 Å². The Balaban J connectivity index is 2.13. The van der Waals surface area contributed by atoms with Gasteiger partial charge in [-0.15, -0.1) is 13.2 Å². The quantitative estimate of drug-likeness (QED) is 0.897. The van der Waals surface area contributed by atoms with Crippen molar-refractivity contribution in [2.75, 3.05) is 13.7 Å². The zero-order valence-electron chi connectivity index (χ0n) is 12.0. The summed E-state index contributed by atoms with van der Waals surface area (Å²) in [5.74, 6) is -0.153. The van der Waals surface area contributed by atoms with Crippen LogP contribution in [0.15, 0.2) is 24.3 Å². The molecule has 0 saturated carbocycles. The maximum atomic E-state index is 12.5. The molecule has 2 unspecified atom stereocenters. The van der Waals surface area contributed by atoms with Gasteiger partial charge in [0.1, 0.15) is 5.75 Å². The van der Waals surface area contributed by atoms with E-state index in [0.29, 0.717) is 12.0 Å². The van der Waals surface area contributed by atoms with Crippen molar-refractivity contribution in [3.05, 3.63) is 29.8 Å². The molecular formula is C15H20F3NO2. The second-order valence-corrected chi connectivity index (χ2v) is 5.15. The molecule has 2 atom stereocenters. The third-order valence-corrected chi connectivity index (χ3v) is 3.64. The van der Waals surface area contributed by atoms with Gasteiger partial charge in [0, 0.05) is 18.2 Å². The first-order valence-electron chi connectivity index (χ1n) is 7.13. The fourth-order valence-corrected chi connectivity index (χ4v) is 2.64. The van der Waals surface area contributed by atoms with Crippen molar-refractivity contribution in [1.29, 1.82) is 0 Å². The summed E-state index contributed by atoms with van der Waals surface area (Å²) in [4.78, 5) is 0. The van der Waals surface area contributed by atoms with Gasteiger partial charge in [-0.25, -0.2) is 0 Å². The van der Waals surface area contributed by atoms with E-state index in [1.54, 1.807) is 19.2 Å². The molecule has 6 heteroatoms. The highest BCUT2D eigenvalue weighted by atomic mass is 19.4. The van der Waals surface area contributed by atoms with Gasteiger partial charge in [0.15, 0.2) is 0 Å². The van der Waals surface area contributed by atoms with E-state index >= 15 is 0 Å². The highest BCUT2D eigenvalue weighted by Gasteiger charge is 2.33. The number of halogens is 3. The lowest BCUT2D eigenvalue weighted by atomic mass is 9.96. The zero-order valence-corrected chi connectivity index (χ0v) is 12.0. The highest BCUT2D eigenvalue weighted by molar-refractivity contribution is 5.36. The third kappa shape index (κ3) is 4.89. The summed E-state index contributed by atoms with van der Waals surface area (Å²) in [6, 6.07) is 6.02. The van der Waals surface area contributed by atoms with Crippen LogP contribution in [0.4, 0.5) is 13.2 Å². The van der Waals surface area contributed by atoms with Gasteiger partial charge >= 0.3 is 6.36 Å². The summed E-state index contributed by atoms with van der Waals surface area (Å²) in [5, 5.41) is 3.06. The van der Waals surface area contributed by atoms with Crippen LogP contribution in [-0.4, -0.2) is 26.1 Å². The molecule has 0 bridgehead atoms. The normalized spacial score (nSPS) is 21.0. The molecule has 1 N–H and O–H groups in total. The molecule has 1 heterocycles. The van der Waals surface area contributed by atoms with E-state index in [9.17, 15) is 13.2 Å². The van der Waals surface area contributed by atoms with Crippen LogP contribution in [0.1, 0.15) is 37.3 Å². The van der Waals surface area contributed by atoms with E-state index in [2.05, 4.69) is 10.1 Å². The highest BCUT2D eigenvalue weighted by Crippen LogP contribution is 2.33. The zero-order chi connectivity index (χ0) is 15.3. The number of para-hydroxylation sites is 1. The summed E-state index contributed by atoms with van der Waals surface area (Å²) in [5.41, 5.74) is 0.506. The van der Waals surface area contributed by atoms with Gasteiger partial charge in [-0.1, -0.05) is 18.2 Å². The van der Waals surface area contributed by atoms with Crippen molar-refractivity contribution in [3.63, 3.8) is 0 Å². The molecular weight excluding hydrogens is 283 g/mol. The number of ether oxygens (including phenoxy) is 2. The number of hydrogen-bond acceptors (Lipinski definition) is 3. The lowest BCUT2D eigenvalue weighted by Crippen LogP contribution is -2.28. The molecule has 0 radical (unpaired) electrons. The first-order valence-corrected chi connectivity index (χ1v) is 7.13. The topological polar surface area (TPSA) is 30.5 Å². The summed E-state index contributed by atoms with van der Waals surface area (Å²) < 4.78 is 47.2. The molecule has 3 nitrogen and oxygen atoms in total. The van der Waals surface area contributed by atoms with E-state index in [-0.39, 0.29) is 17.9 Å². The van der Waals surface area contributed by atoms with Crippen LogP contribution >= 0.6 is 0 Å². The molecule has 0 spiro atoms. The minimum absolute atomic E-state index is 0.0788. The number of hydrogen-bond donors (Lipinski definition) is 1. The van der Waals surface area contributed by atoms with Crippen molar-refractivity contribution < 1.29 is 22.6 Å². The molecule has 1 saturated heterocycles.